The number of hydrogen-bond donors (Lipinski definition) is 1. The smallest absolute Gasteiger partial charge is 0.0571 e. The number of aromatic nitrogens is 1. The maximum Gasteiger partial charge on any atom is 0.0571 e. The SMILES string of the molecule is CNC(C)c1ccc(N(C)C(C)C(C)C)cn1. The van der Waals surface area contributed by atoms with Gasteiger partial charge in [-0.05, 0) is 38.9 Å². The van der Waals surface area contributed by atoms with Gasteiger partial charge >= 0.3 is 0 Å². The van der Waals surface area contributed by atoms with Crippen LogP contribution in [0.3, 0.4) is 0 Å². The predicted octanol–water partition coefficient (Wildman–Crippen LogP) is 2.84. The molecule has 2 atom stereocenters. The number of anilines is 1. The van der Waals surface area contributed by atoms with Crippen LogP contribution in [-0.2, 0) is 0 Å². The molecule has 0 saturated heterocycles. The van der Waals surface area contributed by atoms with Gasteiger partial charge in [0, 0.05) is 19.1 Å². The van der Waals surface area contributed by atoms with Crippen LogP contribution in [0.2, 0.25) is 0 Å². The van der Waals surface area contributed by atoms with Crippen LogP contribution in [0.1, 0.15) is 39.4 Å². The van der Waals surface area contributed by atoms with Crippen molar-refractivity contribution in [3.8, 4) is 0 Å². The van der Waals surface area contributed by atoms with Gasteiger partial charge in [0.15, 0.2) is 0 Å². The lowest BCUT2D eigenvalue weighted by molar-refractivity contribution is 0.505. The third-order valence-electron chi connectivity index (χ3n) is 3.63. The molecule has 0 fully saturated rings. The fraction of sp³-hybridized carbons (Fsp3) is 0.643. The first-order valence-corrected chi connectivity index (χ1v) is 6.33. The molecule has 0 bridgehead atoms. The number of nitrogens with zero attached hydrogens (tertiary/aromatic N) is 2. The Balaban J connectivity index is 2.80. The molecule has 3 nitrogen and oxygen atoms in total. The summed E-state index contributed by atoms with van der Waals surface area (Å²) in [5.74, 6) is 0.635. The second-order valence-electron chi connectivity index (χ2n) is 5.05. The quantitative estimate of drug-likeness (QED) is 0.850. The molecule has 0 aliphatic carbocycles. The lowest BCUT2D eigenvalue weighted by Gasteiger charge is -2.29. The molecular weight excluding hydrogens is 210 g/mol. The highest BCUT2D eigenvalue weighted by Crippen LogP contribution is 2.19. The summed E-state index contributed by atoms with van der Waals surface area (Å²) in [7, 11) is 4.08. The Morgan fingerprint density at radius 2 is 1.82 bits per heavy atom. The molecule has 0 aromatic carbocycles. The van der Waals surface area contributed by atoms with E-state index in [0.717, 1.165) is 5.69 Å². The molecule has 0 amide bonds. The van der Waals surface area contributed by atoms with Gasteiger partial charge in [0.25, 0.3) is 0 Å². The highest BCUT2D eigenvalue weighted by molar-refractivity contribution is 5.45. The zero-order chi connectivity index (χ0) is 13.0. The maximum absolute atomic E-state index is 4.51. The van der Waals surface area contributed by atoms with Crippen LogP contribution >= 0.6 is 0 Å². The zero-order valence-electron chi connectivity index (χ0n) is 11.9. The van der Waals surface area contributed by atoms with Crippen LogP contribution in [-0.4, -0.2) is 25.1 Å². The van der Waals surface area contributed by atoms with E-state index in [9.17, 15) is 0 Å². The summed E-state index contributed by atoms with van der Waals surface area (Å²) < 4.78 is 0. The average molecular weight is 235 g/mol. The molecule has 3 heteroatoms. The van der Waals surface area contributed by atoms with E-state index in [0.29, 0.717) is 18.0 Å². The second kappa shape index (κ2) is 6.01. The first-order chi connectivity index (χ1) is 7.97. The standard InChI is InChI=1S/C14H25N3/c1-10(2)12(4)17(6)13-7-8-14(16-9-13)11(3)15-5/h7-12,15H,1-6H3. The lowest BCUT2D eigenvalue weighted by Crippen LogP contribution is -2.33. The van der Waals surface area contributed by atoms with Crippen molar-refractivity contribution in [3.05, 3.63) is 24.0 Å². The molecule has 0 aliphatic heterocycles. The molecule has 1 rings (SSSR count). The molecule has 96 valence electrons. The summed E-state index contributed by atoms with van der Waals surface area (Å²) in [4.78, 5) is 6.79. The molecule has 0 radical (unpaired) electrons. The van der Waals surface area contributed by atoms with Crippen LogP contribution < -0.4 is 10.2 Å². The van der Waals surface area contributed by atoms with Gasteiger partial charge in [-0.15, -0.1) is 0 Å². The molecule has 0 saturated carbocycles. The van der Waals surface area contributed by atoms with E-state index in [1.54, 1.807) is 0 Å². The van der Waals surface area contributed by atoms with E-state index in [2.05, 4.69) is 62.1 Å². The first-order valence-electron chi connectivity index (χ1n) is 6.33. The van der Waals surface area contributed by atoms with E-state index in [1.165, 1.54) is 5.69 Å². The van der Waals surface area contributed by atoms with E-state index >= 15 is 0 Å². The largest absolute Gasteiger partial charge is 0.370 e. The zero-order valence-corrected chi connectivity index (χ0v) is 11.9. The average Bonchev–Trinajstić information content (AvgIpc) is 2.36. The third kappa shape index (κ3) is 3.43. The third-order valence-corrected chi connectivity index (χ3v) is 3.63. The molecule has 1 heterocycles. The molecule has 0 spiro atoms. The van der Waals surface area contributed by atoms with Crippen molar-refractivity contribution in [1.29, 1.82) is 0 Å². The van der Waals surface area contributed by atoms with Gasteiger partial charge in [-0.2, -0.15) is 0 Å². The minimum absolute atomic E-state index is 0.303. The Labute approximate surface area is 105 Å². The Kier molecular flexibility index (Phi) is 4.94. The molecule has 2 unspecified atom stereocenters. The Morgan fingerprint density at radius 1 is 1.18 bits per heavy atom. The van der Waals surface area contributed by atoms with Gasteiger partial charge in [0.1, 0.15) is 0 Å². The summed E-state index contributed by atoms with van der Waals surface area (Å²) in [6.45, 7) is 8.84. The summed E-state index contributed by atoms with van der Waals surface area (Å²) in [5.41, 5.74) is 2.26. The summed E-state index contributed by atoms with van der Waals surface area (Å²) in [5, 5.41) is 3.19. The Bertz CT molecular complexity index is 332. The van der Waals surface area contributed by atoms with Gasteiger partial charge in [-0.25, -0.2) is 0 Å². The topological polar surface area (TPSA) is 28.2 Å². The van der Waals surface area contributed by atoms with E-state index in [1.807, 2.05) is 13.2 Å². The highest BCUT2D eigenvalue weighted by atomic mass is 15.1. The minimum Gasteiger partial charge on any atom is -0.370 e. The van der Waals surface area contributed by atoms with Gasteiger partial charge < -0.3 is 10.2 Å². The van der Waals surface area contributed by atoms with Crippen molar-refractivity contribution in [2.75, 3.05) is 19.0 Å². The minimum atomic E-state index is 0.303. The van der Waals surface area contributed by atoms with Gasteiger partial charge in [0.2, 0.25) is 0 Å². The molecule has 17 heavy (non-hydrogen) atoms. The summed E-state index contributed by atoms with van der Waals surface area (Å²) in [6.07, 6.45) is 1.96. The number of nitrogens with one attached hydrogen (secondary N) is 1. The van der Waals surface area contributed by atoms with Crippen LogP contribution in [0.4, 0.5) is 5.69 Å². The van der Waals surface area contributed by atoms with Crippen molar-refractivity contribution in [1.82, 2.24) is 10.3 Å². The van der Waals surface area contributed by atoms with E-state index in [4.69, 9.17) is 0 Å². The Morgan fingerprint density at radius 3 is 2.24 bits per heavy atom. The lowest BCUT2D eigenvalue weighted by atomic mass is 10.0. The summed E-state index contributed by atoms with van der Waals surface area (Å²) >= 11 is 0. The Hall–Kier alpha value is -1.09. The first kappa shape index (κ1) is 14.0. The van der Waals surface area contributed by atoms with Crippen LogP contribution in [0, 0.1) is 5.92 Å². The molecule has 0 aliphatic rings. The van der Waals surface area contributed by atoms with Crippen molar-refractivity contribution in [2.24, 2.45) is 5.92 Å². The molecule has 1 N–H and O–H groups in total. The molecule has 1 aromatic heterocycles. The number of rotatable bonds is 5. The van der Waals surface area contributed by atoms with Gasteiger partial charge in [0.05, 0.1) is 17.6 Å². The van der Waals surface area contributed by atoms with Gasteiger partial charge in [-0.1, -0.05) is 13.8 Å². The van der Waals surface area contributed by atoms with Gasteiger partial charge in [-0.3, -0.25) is 4.98 Å². The van der Waals surface area contributed by atoms with E-state index in [-0.39, 0.29) is 0 Å². The van der Waals surface area contributed by atoms with Crippen molar-refractivity contribution >= 4 is 5.69 Å². The van der Waals surface area contributed by atoms with Crippen molar-refractivity contribution in [2.45, 2.75) is 39.8 Å². The van der Waals surface area contributed by atoms with Crippen LogP contribution in [0.5, 0.6) is 0 Å². The molecular formula is C14H25N3. The fourth-order valence-corrected chi connectivity index (χ4v) is 1.69. The van der Waals surface area contributed by atoms with Crippen molar-refractivity contribution in [3.63, 3.8) is 0 Å². The monoisotopic (exact) mass is 235 g/mol. The molecule has 1 aromatic rings. The predicted molar refractivity (Wildman–Crippen MR) is 74.4 cm³/mol. The fourth-order valence-electron chi connectivity index (χ4n) is 1.69. The summed E-state index contributed by atoms with van der Waals surface area (Å²) in [6, 6.07) is 5.07. The van der Waals surface area contributed by atoms with E-state index < -0.39 is 0 Å². The van der Waals surface area contributed by atoms with Crippen LogP contribution in [0.15, 0.2) is 18.3 Å². The highest BCUT2D eigenvalue weighted by Gasteiger charge is 2.14. The second-order valence-corrected chi connectivity index (χ2v) is 5.05. The normalized spacial score (nSPS) is 14.8. The number of hydrogen-bond acceptors (Lipinski definition) is 3. The van der Waals surface area contributed by atoms with Crippen LogP contribution in [0.25, 0.3) is 0 Å². The number of pyridine rings is 1. The maximum atomic E-state index is 4.51. The van der Waals surface area contributed by atoms with Crippen molar-refractivity contribution < 1.29 is 0 Å².